The van der Waals surface area contributed by atoms with Gasteiger partial charge in [-0.3, -0.25) is 19.2 Å². The summed E-state index contributed by atoms with van der Waals surface area (Å²) in [6.07, 6.45) is 12.5. The topological polar surface area (TPSA) is 171 Å². The standard InChI is InChI=1S/C40H65N5O7S/c1-8-23-41-34(48)31(46)28(18-17-26-15-16-26)42-33(47)30-29-27(38(29,5)6)24-45(30)35(49)32(39(7)19-11-9-12-20-39)43-36(50)44-40(21-13-10-14-22-40)25-53(51,52)37(2,3)4/h8,26-30,32H,1,9-25H2,2-7H3,(H,41,48)(H,42,47)(H2,43,44,50)/t27-,28?,29-,30-,32+/m0/s1. The van der Waals surface area contributed by atoms with Crippen molar-refractivity contribution < 1.29 is 32.4 Å². The van der Waals surface area contributed by atoms with Crippen LogP contribution in [0.2, 0.25) is 0 Å². The lowest BCUT2D eigenvalue weighted by Crippen LogP contribution is -2.65. The Morgan fingerprint density at radius 1 is 0.906 bits per heavy atom. The van der Waals surface area contributed by atoms with E-state index in [2.05, 4.69) is 41.7 Å². The molecule has 1 aliphatic heterocycles. The molecule has 1 saturated heterocycles. The van der Waals surface area contributed by atoms with Gasteiger partial charge in [0, 0.05) is 13.1 Å². The summed E-state index contributed by atoms with van der Waals surface area (Å²) in [7, 11) is -3.57. The van der Waals surface area contributed by atoms with Gasteiger partial charge in [0.25, 0.3) is 5.91 Å². The summed E-state index contributed by atoms with van der Waals surface area (Å²) in [4.78, 5) is 71.1. The minimum Gasteiger partial charge on any atom is -0.346 e. The van der Waals surface area contributed by atoms with Crippen LogP contribution >= 0.6 is 0 Å². The molecule has 5 aliphatic rings. The first-order valence-electron chi connectivity index (χ1n) is 20.1. The molecule has 4 saturated carbocycles. The number of urea groups is 1. The number of ketones is 1. The van der Waals surface area contributed by atoms with Crippen molar-refractivity contribution in [2.45, 2.75) is 160 Å². The lowest BCUT2D eigenvalue weighted by molar-refractivity contribution is -0.146. The Kier molecular flexibility index (Phi) is 12.2. The third-order valence-electron chi connectivity index (χ3n) is 13.4. The summed E-state index contributed by atoms with van der Waals surface area (Å²) >= 11 is 0. The van der Waals surface area contributed by atoms with Crippen LogP contribution in [0.1, 0.15) is 131 Å². The molecule has 0 bridgehead atoms. The van der Waals surface area contributed by atoms with Crippen LogP contribution in [-0.4, -0.2) is 90.1 Å². The maximum absolute atomic E-state index is 14.9. The van der Waals surface area contributed by atoms with Crippen LogP contribution in [0, 0.1) is 28.6 Å². The molecule has 1 unspecified atom stereocenters. The molecule has 53 heavy (non-hydrogen) atoms. The molecule has 298 valence electrons. The number of hydrogen-bond donors (Lipinski definition) is 4. The fourth-order valence-electron chi connectivity index (χ4n) is 9.43. The molecule has 0 spiro atoms. The van der Waals surface area contributed by atoms with Gasteiger partial charge in [0.05, 0.1) is 22.1 Å². The van der Waals surface area contributed by atoms with Crippen LogP contribution in [0.3, 0.4) is 0 Å². The zero-order valence-corrected chi connectivity index (χ0v) is 33.8. The number of fused-ring (bicyclic) bond motifs is 1. The van der Waals surface area contributed by atoms with Gasteiger partial charge in [0.15, 0.2) is 9.84 Å². The highest BCUT2D eigenvalue weighted by atomic mass is 32.2. The van der Waals surface area contributed by atoms with E-state index in [9.17, 15) is 32.4 Å². The summed E-state index contributed by atoms with van der Waals surface area (Å²) in [5, 5.41) is 11.6. The van der Waals surface area contributed by atoms with Crippen molar-refractivity contribution in [2.24, 2.45) is 28.6 Å². The van der Waals surface area contributed by atoms with Gasteiger partial charge in [-0.2, -0.15) is 0 Å². The van der Waals surface area contributed by atoms with Crippen molar-refractivity contribution in [3.05, 3.63) is 12.7 Å². The Morgan fingerprint density at radius 2 is 1.51 bits per heavy atom. The van der Waals surface area contributed by atoms with E-state index < -0.39 is 67.3 Å². The van der Waals surface area contributed by atoms with Gasteiger partial charge in [-0.05, 0) is 87.9 Å². The van der Waals surface area contributed by atoms with Gasteiger partial charge in [0.1, 0.15) is 12.1 Å². The summed E-state index contributed by atoms with van der Waals surface area (Å²) in [5.74, 6) is -2.04. The molecule has 5 fully saturated rings. The van der Waals surface area contributed by atoms with E-state index in [-0.39, 0.29) is 35.5 Å². The second-order valence-electron chi connectivity index (χ2n) is 18.8. The highest BCUT2D eigenvalue weighted by molar-refractivity contribution is 7.92. The normalized spacial score (nSPS) is 27.0. The van der Waals surface area contributed by atoms with E-state index >= 15 is 0 Å². The number of carbonyl (C=O) groups excluding carboxylic acids is 5. The number of carbonyl (C=O) groups is 5. The lowest BCUT2D eigenvalue weighted by atomic mass is 9.70. The predicted octanol–water partition coefficient (Wildman–Crippen LogP) is 4.57. The van der Waals surface area contributed by atoms with E-state index in [0.717, 1.165) is 51.4 Å². The van der Waals surface area contributed by atoms with Gasteiger partial charge in [0.2, 0.25) is 17.6 Å². The van der Waals surface area contributed by atoms with Crippen molar-refractivity contribution in [3.63, 3.8) is 0 Å². The van der Waals surface area contributed by atoms with E-state index in [4.69, 9.17) is 0 Å². The van der Waals surface area contributed by atoms with Crippen molar-refractivity contribution in [3.8, 4) is 0 Å². The molecule has 13 heteroatoms. The maximum atomic E-state index is 14.9. The number of rotatable bonds is 15. The molecule has 1 heterocycles. The molecule has 5 rings (SSSR count). The number of sulfone groups is 1. The van der Waals surface area contributed by atoms with Gasteiger partial charge in [-0.15, -0.1) is 6.58 Å². The summed E-state index contributed by atoms with van der Waals surface area (Å²) in [5.41, 5.74) is -1.73. The van der Waals surface area contributed by atoms with E-state index in [1.165, 1.54) is 6.08 Å². The first kappa shape index (κ1) is 41.2. The van der Waals surface area contributed by atoms with Gasteiger partial charge < -0.3 is 26.2 Å². The van der Waals surface area contributed by atoms with E-state index in [1.54, 1.807) is 25.7 Å². The van der Waals surface area contributed by atoms with E-state index in [1.807, 2.05) is 6.92 Å². The number of hydrogen-bond acceptors (Lipinski definition) is 7. The number of Topliss-reactive ketones (excluding diaryl/α,β-unsaturated/α-hetero) is 1. The summed E-state index contributed by atoms with van der Waals surface area (Å²) < 4.78 is 25.9. The minimum atomic E-state index is -3.57. The fourth-order valence-corrected chi connectivity index (χ4v) is 10.9. The van der Waals surface area contributed by atoms with Gasteiger partial charge >= 0.3 is 6.03 Å². The molecule has 0 aromatic rings. The van der Waals surface area contributed by atoms with Crippen LogP contribution < -0.4 is 21.3 Å². The highest BCUT2D eigenvalue weighted by Gasteiger charge is 2.70. The number of nitrogens with zero attached hydrogens (tertiary/aromatic N) is 1. The third-order valence-corrected chi connectivity index (χ3v) is 16.2. The molecule has 5 amide bonds. The molecular formula is C40H65N5O7S. The zero-order valence-electron chi connectivity index (χ0n) is 33.0. The van der Waals surface area contributed by atoms with Crippen LogP contribution in [0.4, 0.5) is 4.79 Å². The summed E-state index contributed by atoms with van der Waals surface area (Å²) in [6.45, 7) is 15.3. The Balaban J connectivity index is 1.39. The molecule has 0 aromatic carbocycles. The lowest BCUT2D eigenvalue weighted by Gasteiger charge is -2.44. The average molecular weight is 760 g/mol. The quantitative estimate of drug-likeness (QED) is 0.140. The molecular weight excluding hydrogens is 695 g/mol. The fraction of sp³-hybridized carbons (Fsp3) is 0.825. The van der Waals surface area contributed by atoms with Crippen molar-refractivity contribution >= 4 is 39.4 Å². The van der Waals surface area contributed by atoms with Crippen molar-refractivity contribution in [1.29, 1.82) is 0 Å². The minimum absolute atomic E-state index is 0.0699. The molecule has 0 aromatic heterocycles. The van der Waals surface area contributed by atoms with Crippen LogP contribution in [0.25, 0.3) is 0 Å². The summed E-state index contributed by atoms with van der Waals surface area (Å²) in [6, 6.07) is -3.40. The maximum Gasteiger partial charge on any atom is 0.315 e. The smallest absolute Gasteiger partial charge is 0.315 e. The Labute approximate surface area is 317 Å². The molecule has 4 aliphatic carbocycles. The second-order valence-corrected chi connectivity index (χ2v) is 21.5. The molecule has 12 nitrogen and oxygen atoms in total. The zero-order chi connectivity index (χ0) is 39.0. The van der Waals surface area contributed by atoms with Crippen molar-refractivity contribution in [2.75, 3.05) is 18.8 Å². The van der Waals surface area contributed by atoms with Crippen LogP contribution in [-0.2, 0) is 29.0 Å². The first-order chi connectivity index (χ1) is 24.8. The Bertz CT molecular complexity index is 1540. The van der Waals surface area contributed by atoms with Gasteiger partial charge in [-0.25, -0.2) is 13.2 Å². The first-order valence-corrected chi connectivity index (χ1v) is 21.8. The van der Waals surface area contributed by atoms with Crippen molar-refractivity contribution in [1.82, 2.24) is 26.2 Å². The SMILES string of the molecule is C=CCNC(=O)C(=O)C(CCC1CC1)NC(=O)[C@@H]1[C@@H]2[C@H](CN1C(=O)[C@@H](NC(=O)NC1(CS(=O)(=O)C(C)(C)C)CCCCC1)C1(C)CCCCC1)C2(C)C. The van der Waals surface area contributed by atoms with Crippen LogP contribution in [0.5, 0.6) is 0 Å². The number of nitrogens with one attached hydrogen (secondary N) is 4. The molecule has 0 radical (unpaired) electrons. The third kappa shape index (κ3) is 9.13. The Morgan fingerprint density at radius 3 is 2.08 bits per heavy atom. The predicted molar refractivity (Wildman–Crippen MR) is 204 cm³/mol. The average Bonchev–Trinajstić information content (AvgIpc) is 3.95. The molecule has 5 atom stereocenters. The van der Waals surface area contributed by atoms with E-state index in [0.29, 0.717) is 51.0 Å². The number of likely N-dealkylation sites (tertiary alicyclic amines) is 1. The largest absolute Gasteiger partial charge is 0.346 e. The van der Waals surface area contributed by atoms with Gasteiger partial charge in [-0.1, -0.05) is 78.2 Å². The Hall–Kier alpha value is -2.96. The monoisotopic (exact) mass is 759 g/mol. The number of amides is 5. The highest BCUT2D eigenvalue weighted by Crippen LogP contribution is 2.65. The number of piperidine rings is 1. The molecule has 4 N–H and O–H groups in total. The second kappa shape index (κ2) is 15.6. The van der Waals surface area contributed by atoms with Crippen LogP contribution in [0.15, 0.2) is 12.7 Å².